The third-order valence-electron chi connectivity index (χ3n) is 3.03. The number of rotatable bonds is 4. The maximum Gasteiger partial charge on any atom is 0.175 e. The number of nitrogens with two attached hydrogens (primary N) is 1. The van der Waals surface area contributed by atoms with E-state index in [2.05, 4.69) is 0 Å². The molecule has 0 aliphatic rings. The van der Waals surface area contributed by atoms with Crippen molar-refractivity contribution in [2.45, 2.75) is 17.7 Å². The molecule has 2 aromatic rings. The lowest BCUT2D eigenvalue weighted by Gasteiger charge is -2.04. The Morgan fingerprint density at radius 3 is 1.68 bits per heavy atom. The zero-order valence-electron chi connectivity index (χ0n) is 10.8. The lowest BCUT2D eigenvalue weighted by Crippen LogP contribution is -1.98. The molecule has 4 heteroatoms. The standard InChI is InChI=1S/C15H17NO2S/c1-19(17,18)15-10-6-13(7-11-15)3-2-12-4-8-14(16)9-5-12/h4-11H,2-3,16H2,1H3. The van der Waals surface area contributed by atoms with Gasteiger partial charge >= 0.3 is 0 Å². The summed E-state index contributed by atoms with van der Waals surface area (Å²) in [6.45, 7) is 0. The van der Waals surface area contributed by atoms with Gasteiger partial charge in [0, 0.05) is 11.9 Å². The van der Waals surface area contributed by atoms with E-state index in [1.54, 1.807) is 12.1 Å². The fourth-order valence-corrected chi connectivity index (χ4v) is 2.51. The third-order valence-corrected chi connectivity index (χ3v) is 4.16. The van der Waals surface area contributed by atoms with E-state index in [1.165, 1.54) is 11.8 Å². The number of anilines is 1. The van der Waals surface area contributed by atoms with Gasteiger partial charge in [-0.25, -0.2) is 8.42 Å². The second kappa shape index (κ2) is 5.45. The van der Waals surface area contributed by atoms with E-state index >= 15 is 0 Å². The zero-order valence-corrected chi connectivity index (χ0v) is 11.7. The van der Waals surface area contributed by atoms with Crippen LogP contribution < -0.4 is 5.73 Å². The molecule has 100 valence electrons. The summed E-state index contributed by atoms with van der Waals surface area (Å²) >= 11 is 0. The van der Waals surface area contributed by atoms with Gasteiger partial charge in [0.15, 0.2) is 9.84 Å². The number of hydrogen-bond acceptors (Lipinski definition) is 3. The van der Waals surface area contributed by atoms with Gasteiger partial charge in [-0.05, 0) is 48.2 Å². The van der Waals surface area contributed by atoms with Crippen LogP contribution in [0.25, 0.3) is 0 Å². The summed E-state index contributed by atoms with van der Waals surface area (Å²) in [4.78, 5) is 0.365. The van der Waals surface area contributed by atoms with Gasteiger partial charge in [-0.15, -0.1) is 0 Å². The van der Waals surface area contributed by atoms with Crippen LogP contribution in [0.15, 0.2) is 53.4 Å². The first kappa shape index (κ1) is 13.6. The Kier molecular flexibility index (Phi) is 3.90. The molecule has 19 heavy (non-hydrogen) atoms. The number of nitrogen functional groups attached to an aromatic ring is 1. The summed E-state index contributed by atoms with van der Waals surface area (Å²) in [5, 5.41) is 0. The van der Waals surface area contributed by atoms with Crippen molar-refractivity contribution < 1.29 is 8.42 Å². The molecule has 0 spiro atoms. The predicted octanol–water partition coefficient (Wildman–Crippen LogP) is 2.46. The highest BCUT2D eigenvalue weighted by atomic mass is 32.2. The topological polar surface area (TPSA) is 60.2 Å². The lowest BCUT2D eigenvalue weighted by molar-refractivity contribution is 0.602. The van der Waals surface area contributed by atoms with Gasteiger partial charge in [-0.2, -0.15) is 0 Å². The van der Waals surface area contributed by atoms with Crippen molar-refractivity contribution >= 4 is 15.5 Å². The van der Waals surface area contributed by atoms with Crippen molar-refractivity contribution in [1.29, 1.82) is 0 Å². The fourth-order valence-electron chi connectivity index (χ4n) is 1.88. The van der Waals surface area contributed by atoms with Crippen LogP contribution in [-0.4, -0.2) is 14.7 Å². The van der Waals surface area contributed by atoms with E-state index in [0.29, 0.717) is 4.90 Å². The quantitative estimate of drug-likeness (QED) is 0.872. The monoisotopic (exact) mass is 275 g/mol. The lowest BCUT2D eigenvalue weighted by atomic mass is 10.0. The highest BCUT2D eigenvalue weighted by Gasteiger charge is 2.05. The minimum absolute atomic E-state index is 0.365. The van der Waals surface area contributed by atoms with Crippen molar-refractivity contribution in [2.24, 2.45) is 0 Å². The molecule has 2 N–H and O–H groups in total. The first-order chi connectivity index (χ1) is 8.95. The molecule has 2 rings (SSSR count). The molecule has 0 atom stereocenters. The van der Waals surface area contributed by atoms with Gasteiger partial charge in [-0.3, -0.25) is 0 Å². The van der Waals surface area contributed by atoms with E-state index in [1.807, 2.05) is 36.4 Å². The van der Waals surface area contributed by atoms with Gasteiger partial charge in [0.05, 0.1) is 4.90 Å². The van der Waals surface area contributed by atoms with Gasteiger partial charge in [0.2, 0.25) is 0 Å². The molecule has 0 bridgehead atoms. The first-order valence-electron chi connectivity index (χ1n) is 6.08. The maximum atomic E-state index is 11.3. The number of aryl methyl sites for hydroxylation is 2. The van der Waals surface area contributed by atoms with E-state index in [4.69, 9.17) is 5.73 Å². The predicted molar refractivity (Wildman–Crippen MR) is 77.8 cm³/mol. The summed E-state index contributed by atoms with van der Waals surface area (Å²) in [5.41, 5.74) is 8.75. The second-order valence-corrected chi connectivity index (χ2v) is 6.67. The van der Waals surface area contributed by atoms with Crippen LogP contribution in [0.3, 0.4) is 0 Å². The molecule has 0 saturated carbocycles. The Morgan fingerprint density at radius 1 is 0.842 bits per heavy atom. The average molecular weight is 275 g/mol. The van der Waals surface area contributed by atoms with E-state index in [9.17, 15) is 8.42 Å². The largest absolute Gasteiger partial charge is 0.399 e. The Labute approximate surface area is 114 Å². The van der Waals surface area contributed by atoms with E-state index < -0.39 is 9.84 Å². The van der Waals surface area contributed by atoms with Crippen LogP contribution in [0.4, 0.5) is 5.69 Å². The van der Waals surface area contributed by atoms with E-state index in [0.717, 1.165) is 24.1 Å². The molecule has 0 radical (unpaired) electrons. The SMILES string of the molecule is CS(=O)(=O)c1ccc(CCc2ccc(N)cc2)cc1. The van der Waals surface area contributed by atoms with Crippen LogP contribution in [-0.2, 0) is 22.7 Å². The normalized spacial score (nSPS) is 11.4. The second-order valence-electron chi connectivity index (χ2n) is 4.66. The van der Waals surface area contributed by atoms with Crippen molar-refractivity contribution in [3.05, 3.63) is 59.7 Å². The van der Waals surface area contributed by atoms with Gasteiger partial charge in [-0.1, -0.05) is 24.3 Å². The molecule has 0 heterocycles. The molecule has 0 fully saturated rings. The Morgan fingerprint density at radius 2 is 1.26 bits per heavy atom. The molecule has 0 aromatic heterocycles. The molecule has 0 amide bonds. The van der Waals surface area contributed by atoms with Crippen molar-refractivity contribution in [2.75, 3.05) is 12.0 Å². The first-order valence-corrected chi connectivity index (χ1v) is 7.98. The van der Waals surface area contributed by atoms with Crippen LogP contribution in [0.1, 0.15) is 11.1 Å². The summed E-state index contributed by atoms with van der Waals surface area (Å²) in [6, 6.07) is 14.9. The molecule has 3 nitrogen and oxygen atoms in total. The van der Waals surface area contributed by atoms with Crippen LogP contribution >= 0.6 is 0 Å². The summed E-state index contributed by atoms with van der Waals surface area (Å²) in [6.07, 6.45) is 3.02. The van der Waals surface area contributed by atoms with Crippen LogP contribution in [0, 0.1) is 0 Å². The van der Waals surface area contributed by atoms with Gasteiger partial charge in [0.25, 0.3) is 0 Å². The fraction of sp³-hybridized carbons (Fsp3) is 0.200. The van der Waals surface area contributed by atoms with Gasteiger partial charge < -0.3 is 5.73 Å². The highest BCUT2D eigenvalue weighted by Crippen LogP contribution is 2.13. The Bertz CT molecular complexity index is 644. The molecule has 0 unspecified atom stereocenters. The highest BCUT2D eigenvalue weighted by molar-refractivity contribution is 7.90. The third kappa shape index (κ3) is 3.83. The molecule has 0 aliphatic heterocycles. The molecular formula is C15H17NO2S. The Balaban J connectivity index is 2.02. The number of hydrogen-bond donors (Lipinski definition) is 1. The van der Waals surface area contributed by atoms with E-state index in [-0.39, 0.29) is 0 Å². The van der Waals surface area contributed by atoms with Crippen LogP contribution in [0.5, 0.6) is 0 Å². The average Bonchev–Trinajstić information content (AvgIpc) is 2.37. The minimum Gasteiger partial charge on any atom is -0.399 e. The molecular weight excluding hydrogens is 258 g/mol. The van der Waals surface area contributed by atoms with Crippen molar-refractivity contribution in [1.82, 2.24) is 0 Å². The zero-order chi connectivity index (χ0) is 13.9. The maximum absolute atomic E-state index is 11.3. The molecule has 2 aromatic carbocycles. The number of benzene rings is 2. The minimum atomic E-state index is -3.11. The summed E-state index contributed by atoms with van der Waals surface area (Å²) in [5.74, 6) is 0. The summed E-state index contributed by atoms with van der Waals surface area (Å²) in [7, 11) is -3.11. The molecule has 0 aliphatic carbocycles. The van der Waals surface area contributed by atoms with Crippen molar-refractivity contribution in [3.8, 4) is 0 Å². The smallest absolute Gasteiger partial charge is 0.175 e. The molecule has 0 saturated heterocycles. The Hall–Kier alpha value is -1.81. The van der Waals surface area contributed by atoms with Crippen molar-refractivity contribution in [3.63, 3.8) is 0 Å². The summed E-state index contributed by atoms with van der Waals surface area (Å²) < 4.78 is 22.7. The van der Waals surface area contributed by atoms with Crippen LogP contribution in [0.2, 0.25) is 0 Å². The van der Waals surface area contributed by atoms with Gasteiger partial charge in [0.1, 0.15) is 0 Å². The number of sulfone groups is 1.